The van der Waals surface area contributed by atoms with E-state index in [4.69, 9.17) is 16.3 Å². The lowest BCUT2D eigenvalue weighted by Gasteiger charge is -2.25. The molecule has 0 aliphatic carbocycles. The van der Waals surface area contributed by atoms with Crippen LogP contribution < -0.4 is 5.32 Å². The molecule has 0 radical (unpaired) electrons. The van der Waals surface area contributed by atoms with Crippen molar-refractivity contribution in [3.63, 3.8) is 0 Å². The van der Waals surface area contributed by atoms with Gasteiger partial charge in [0.05, 0.1) is 17.7 Å². The van der Waals surface area contributed by atoms with Crippen LogP contribution in [0, 0.1) is 0 Å². The molecule has 0 fully saturated rings. The first-order valence-corrected chi connectivity index (χ1v) is 10.3. The van der Waals surface area contributed by atoms with Crippen molar-refractivity contribution in [1.29, 1.82) is 0 Å². The summed E-state index contributed by atoms with van der Waals surface area (Å²) in [6, 6.07) is 8.30. The largest absolute Gasteiger partial charge is 0.382 e. The second-order valence-corrected chi connectivity index (χ2v) is 8.54. The monoisotopic (exact) mass is 391 g/mol. The average molecular weight is 392 g/mol. The van der Waals surface area contributed by atoms with Gasteiger partial charge >= 0.3 is 0 Å². The van der Waals surface area contributed by atoms with Crippen LogP contribution in [0.5, 0.6) is 0 Å². The maximum atomic E-state index is 6.08. The first-order valence-electron chi connectivity index (χ1n) is 9.95. The number of ether oxygens (including phenoxy) is 1. The van der Waals surface area contributed by atoms with Gasteiger partial charge in [0.2, 0.25) is 0 Å². The quantitative estimate of drug-likeness (QED) is 0.571. The Labute approximate surface area is 169 Å². The summed E-state index contributed by atoms with van der Waals surface area (Å²) in [6.45, 7) is 14.7. The minimum atomic E-state index is -0.0601. The molecule has 0 aliphatic heterocycles. The Hall–Kier alpha value is -1.36. The Morgan fingerprint density at radius 1 is 1.22 bits per heavy atom. The van der Waals surface area contributed by atoms with Crippen LogP contribution in [0.4, 0.5) is 5.69 Å². The van der Waals surface area contributed by atoms with Gasteiger partial charge in [0.1, 0.15) is 0 Å². The molecule has 1 heterocycles. The van der Waals surface area contributed by atoms with Crippen molar-refractivity contribution in [1.82, 2.24) is 9.88 Å². The van der Waals surface area contributed by atoms with Gasteiger partial charge in [-0.25, -0.2) is 0 Å². The lowest BCUT2D eigenvalue weighted by molar-refractivity contribution is -0.0127. The highest BCUT2D eigenvalue weighted by atomic mass is 35.5. The van der Waals surface area contributed by atoms with Crippen LogP contribution in [0.15, 0.2) is 30.5 Å². The van der Waals surface area contributed by atoms with E-state index in [-0.39, 0.29) is 5.60 Å². The summed E-state index contributed by atoms with van der Waals surface area (Å²) in [7, 11) is 0. The van der Waals surface area contributed by atoms with E-state index in [1.165, 1.54) is 0 Å². The highest BCUT2D eigenvalue weighted by molar-refractivity contribution is 6.31. The van der Waals surface area contributed by atoms with Crippen molar-refractivity contribution in [2.75, 3.05) is 31.6 Å². The van der Waals surface area contributed by atoms with Crippen LogP contribution in [-0.2, 0) is 4.74 Å². The summed E-state index contributed by atoms with van der Waals surface area (Å²) >= 11 is 6.08. The molecule has 4 nitrogen and oxygen atoms in total. The maximum Gasteiger partial charge on any atom is 0.0737 e. The van der Waals surface area contributed by atoms with Gasteiger partial charge in [0.25, 0.3) is 0 Å². The molecule has 150 valence electrons. The van der Waals surface area contributed by atoms with Crippen LogP contribution in [0.2, 0.25) is 5.02 Å². The molecular weight excluding hydrogens is 358 g/mol. The standard InChI is InChI=1S/C22H34ClN3O/c1-6-26(14-15-27-22(3,4)5)13-7-8-17(2)25-20-11-12-24-21-16-18(23)9-10-19(20)21/h9-12,16-17H,6-8,13-15H2,1-5H3,(H,24,25). The van der Waals surface area contributed by atoms with Gasteiger partial charge in [-0.15, -0.1) is 0 Å². The van der Waals surface area contributed by atoms with E-state index in [1.807, 2.05) is 30.5 Å². The third-order valence-electron chi connectivity index (χ3n) is 4.61. The molecule has 0 spiro atoms. The maximum absolute atomic E-state index is 6.08. The predicted octanol–water partition coefficient (Wildman–Crippen LogP) is 5.61. The van der Waals surface area contributed by atoms with E-state index < -0.39 is 0 Å². The fourth-order valence-electron chi connectivity index (χ4n) is 3.11. The Morgan fingerprint density at radius 3 is 2.70 bits per heavy atom. The molecule has 1 atom stereocenters. The van der Waals surface area contributed by atoms with E-state index in [1.54, 1.807) is 0 Å². The molecule has 1 N–H and O–H groups in total. The number of rotatable bonds is 10. The zero-order valence-electron chi connectivity index (χ0n) is 17.4. The van der Waals surface area contributed by atoms with Gasteiger partial charge < -0.3 is 15.0 Å². The molecule has 2 rings (SSSR count). The topological polar surface area (TPSA) is 37.4 Å². The second kappa shape index (κ2) is 10.3. The van der Waals surface area contributed by atoms with Gasteiger partial charge in [-0.3, -0.25) is 4.98 Å². The molecule has 0 aliphatic rings. The Kier molecular flexibility index (Phi) is 8.33. The number of hydrogen-bond acceptors (Lipinski definition) is 4. The van der Waals surface area contributed by atoms with Crippen molar-refractivity contribution >= 4 is 28.2 Å². The number of likely N-dealkylation sites (N-methyl/N-ethyl adjacent to an activating group) is 1. The van der Waals surface area contributed by atoms with Crippen LogP contribution in [0.1, 0.15) is 47.5 Å². The third kappa shape index (κ3) is 7.65. The first kappa shape index (κ1) is 21.9. The number of benzene rings is 1. The Morgan fingerprint density at radius 2 is 2.00 bits per heavy atom. The molecule has 0 bridgehead atoms. The summed E-state index contributed by atoms with van der Waals surface area (Å²) in [5.74, 6) is 0. The first-order chi connectivity index (χ1) is 12.8. The van der Waals surface area contributed by atoms with Crippen molar-refractivity contribution < 1.29 is 4.74 Å². The minimum Gasteiger partial charge on any atom is -0.382 e. The number of nitrogens with one attached hydrogen (secondary N) is 1. The third-order valence-corrected chi connectivity index (χ3v) is 4.84. The van der Waals surface area contributed by atoms with Gasteiger partial charge in [0.15, 0.2) is 0 Å². The molecule has 5 heteroatoms. The summed E-state index contributed by atoms with van der Waals surface area (Å²) < 4.78 is 5.85. The molecule has 0 amide bonds. The van der Waals surface area contributed by atoms with Crippen molar-refractivity contribution in [2.24, 2.45) is 0 Å². The zero-order chi connectivity index (χ0) is 19.9. The van der Waals surface area contributed by atoms with E-state index >= 15 is 0 Å². The lowest BCUT2D eigenvalue weighted by atomic mass is 10.1. The van der Waals surface area contributed by atoms with Gasteiger partial charge in [-0.1, -0.05) is 18.5 Å². The Bertz CT molecular complexity index is 714. The molecule has 1 aromatic heterocycles. The SMILES string of the molecule is CCN(CCCC(C)Nc1ccnc2cc(Cl)ccc12)CCOC(C)(C)C. The normalized spacial score (nSPS) is 13.3. The molecule has 1 unspecified atom stereocenters. The van der Waals surface area contributed by atoms with Gasteiger partial charge in [-0.2, -0.15) is 0 Å². The van der Waals surface area contributed by atoms with Crippen LogP contribution in [0.3, 0.4) is 0 Å². The number of nitrogens with zero attached hydrogens (tertiary/aromatic N) is 2. The van der Waals surface area contributed by atoms with Crippen molar-refractivity contribution in [2.45, 2.75) is 59.1 Å². The van der Waals surface area contributed by atoms with E-state index in [0.717, 1.165) is 60.7 Å². The number of pyridine rings is 1. The van der Waals surface area contributed by atoms with E-state index in [0.29, 0.717) is 6.04 Å². The van der Waals surface area contributed by atoms with Crippen LogP contribution in [0.25, 0.3) is 10.9 Å². The molecule has 2 aromatic rings. The highest BCUT2D eigenvalue weighted by Gasteiger charge is 2.12. The van der Waals surface area contributed by atoms with E-state index in [9.17, 15) is 0 Å². The highest BCUT2D eigenvalue weighted by Crippen LogP contribution is 2.25. The molecular formula is C22H34ClN3O. The predicted molar refractivity (Wildman–Crippen MR) is 117 cm³/mol. The molecule has 0 saturated carbocycles. The lowest BCUT2D eigenvalue weighted by Crippen LogP contribution is -2.32. The minimum absolute atomic E-state index is 0.0601. The number of aromatic nitrogens is 1. The fraction of sp³-hybridized carbons (Fsp3) is 0.591. The van der Waals surface area contributed by atoms with Crippen LogP contribution in [-0.4, -0.2) is 47.8 Å². The molecule has 0 saturated heterocycles. The number of hydrogen-bond donors (Lipinski definition) is 1. The number of halogens is 1. The van der Waals surface area contributed by atoms with E-state index in [2.05, 4.69) is 49.8 Å². The van der Waals surface area contributed by atoms with Crippen molar-refractivity contribution in [3.05, 3.63) is 35.5 Å². The second-order valence-electron chi connectivity index (χ2n) is 8.10. The van der Waals surface area contributed by atoms with Crippen LogP contribution >= 0.6 is 11.6 Å². The average Bonchev–Trinajstić information content (AvgIpc) is 2.59. The Balaban J connectivity index is 1.80. The summed E-state index contributed by atoms with van der Waals surface area (Å²) in [5, 5.41) is 5.46. The smallest absolute Gasteiger partial charge is 0.0737 e. The summed E-state index contributed by atoms with van der Waals surface area (Å²) in [4.78, 5) is 6.87. The van der Waals surface area contributed by atoms with Gasteiger partial charge in [0, 0.05) is 34.9 Å². The van der Waals surface area contributed by atoms with Crippen molar-refractivity contribution in [3.8, 4) is 0 Å². The zero-order valence-corrected chi connectivity index (χ0v) is 18.1. The molecule has 27 heavy (non-hydrogen) atoms. The molecule has 1 aromatic carbocycles. The summed E-state index contributed by atoms with van der Waals surface area (Å²) in [6.07, 6.45) is 4.11. The number of anilines is 1. The number of fused-ring (bicyclic) bond motifs is 1. The summed E-state index contributed by atoms with van der Waals surface area (Å²) in [5.41, 5.74) is 1.99. The fourth-order valence-corrected chi connectivity index (χ4v) is 3.28. The van der Waals surface area contributed by atoms with Gasteiger partial charge in [-0.05, 0) is 77.9 Å².